The molecule has 0 atom stereocenters. The molecule has 4 aromatic rings. The number of aliphatic hydroxyl groups excluding tert-OH is 1. The standard InChI is InChI=1S/C32H32N2O4/c1-2-30(36)38-29-15-9-14-28(27-18-16-26(17-19-27)25-12-7-4-8-13-25)31(29)33-32(37)34(22-23-35)21-20-24-10-5-3-6-11-24/h3-19,35H,2,20-23H2,1H3,(H,33,37). The van der Waals surface area contributed by atoms with Crippen molar-refractivity contribution >= 4 is 17.7 Å². The third-order valence-electron chi connectivity index (χ3n) is 6.24. The van der Waals surface area contributed by atoms with Crippen LogP contribution in [0.25, 0.3) is 22.3 Å². The number of ether oxygens (including phenoxy) is 1. The van der Waals surface area contributed by atoms with Gasteiger partial charge < -0.3 is 20.1 Å². The SMILES string of the molecule is CCC(=O)Oc1cccc(-c2ccc(-c3ccccc3)cc2)c1NC(=O)N(CCO)CCc1ccccc1. The highest BCUT2D eigenvalue weighted by molar-refractivity contribution is 5.97. The van der Waals surface area contributed by atoms with E-state index in [9.17, 15) is 14.7 Å². The van der Waals surface area contributed by atoms with Crippen LogP contribution in [0.15, 0.2) is 103 Å². The molecule has 2 N–H and O–H groups in total. The molecule has 0 saturated heterocycles. The minimum atomic E-state index is -0.395. The number of nitrogens with zero attached hydrogens (tertiary/aromatic N) is 1. The van der Waals surface area contributed by atoms with Crippen molar-refractivity contribution in [3.05, 3.63) is 109 Å². The number of aliphatic hydroxyl groups is 1. The number of urea groups is 1. The number of esters is 1. The summed E-state index contributed by atoms with van der Waals surface area (Å²) in [6.07, 6.45) is 0.853. The molecule has 0 heterocycles. The lowest BCUT2D eigenvalue weighted by Gasteiger charge is -2.24. The average molecular weight is 509 g/mol. The fourth-order valence-corrected chi connectivity index (χ4v) is 4.18. The molecule has 0 bridgehead atoms. The van der Waals surface area contributed by atoms with E-state index < -0.39 is 5.97 Å². The first-order valence-corrected chi connectivity index (χ1v) is 12.8. The molecule has 0 aliphatic carbocycles. The molecule has 6 nitrogen and oxygen atoms in total. The molecule has 0 aromatic heterocycles. The summed E-state index contributed by atoms with van der Waals surface area (Å²) in [6, 6.07) is 33.0. The Morgan fingerprint density at radius 1 is 0.763 bits per heavy atom. The van der Waals surface area contributed by atoms with E-state index in [1.165, 1.54) is 0 Å². The summed E-state index contributed by atoms with van der Waals surface area (Å²) in [6.45, 7) is 2.16. The van der Waals surface area contributed by atoms with Gasteiger partial charge in [-0.05, 0) is 34.7 Å². The number of anilines is 1. The first-order valence-electron chi connectivity index (χ1n) is 12.8. The second-order valence-corrected chi connectivity index (χ2v) is 8.83. The molecular formula is C32H32N2O4. The summed E-state index contributed by atoms with van der Waals surface area (Å²) in [5, 5.41) is 12.6. The topological polar surface area (TPSA) is 78.9 Å². The zero-order chi connectivity index (χ0) is 26.7. The van der Waals surface area contributed by atoms with Gasteiger partial charge >= 0.3 is 12.0 Å². The van der Waals surface area contributed by atoms with E-state index in [0.717, 1.165) is 27.8 Å². The van der Waals surface area contributed by atoms with Gasteiger partial charge in [0.1, 0.15) is 0 Å². The number of amides is 2. The highest BCUT2D eigenvalue weighted by Crippen LogP contribution is 2.37. The van der Waals surface area contributed by atoms with Gasteiger partial charge in [0, 0.05) is 25.1 Å². The smallest absolute Gasteiger partial charge is 0.322 e. The maximum Gasteiger partial charge on any atom is 0.322 e. The molecular weight excluding hydrogens is 476 g/mol. The van der Waals surface area contributed by atoms with Gasteiger partial charge in [0.2, 0.25) is 0 Å². The van der Waals surface area contributed by atoms with Crippen molar-refractivity contribution < 1.29 is 19.4 Å². The molecule has 0 aliphatic rings. The molecule has 194 valence electrons. The van der Waals surface area contributed by atoms with Gasteiger partial charge in [-0.2, -0.15) is 0 Å². The van der Waals surface area contributed by atoms with Gasteiger partial charge in [-0.15, -0.1) is 0 Å². The number of hydrogen-bond donors (Lipinski definition) is 2. The van der Waals surface area contributed by atoms with Crippen LogP contribution in [0.1, 0.15) is 18.9 Å². The van der Waals surface area contributed by atoms with Gasteiger partial charge in [-0.25, -0.2) is 4.79 Å². The van der Waals surface area contributed by atoms with E-state index in [4.69, 9.17) is 4.74 Å². The monoisotopic (exact) mass is 508 g/mol. The van der Waals surface area contributed by atoms with Gasteiger partial charge in [-0.3, -0.25) is 4.79 Å². The molecule has 4 rings (SSSR count). The molecule has 4 aromatic carbocycles. The maximum absolute atomic E-state index is 13.4. The fourth-order valence-electron chi connectivity index (χ4n) is 4.18. The number of rotatable bonds is 10. The van der Waals surface area contributed by atoms with E-state index in [1.807, 2.05) is 78.9 Å². The molecule has 38 heavy (non-hydrogen) atoms. The molecule has 0 spiro atoms. The number of carbonyl (C=O) groups excluding carboxylic acids is 2. The molecule has 0 unspecified atom stereocenters. The van der Waals surface area contributed by atoms with E-state index in [0.29, 0.717) is 18.7 Å². The molecule has 0 aliphatic heterocycles. The second kappa shape index (κ2) is 13.2. The van der Waals surface area contributed by atoms with Crippen molar-refractivity contribution in [3.8, 4) is 28.0 Å². The van der Waals surface area contributed by atoms with Gasteiger partial charge in [-0.1, -0.05) is 104 Å². The number of hydrogen-bond acceptors (Lipinski definition) is 4. The Morgan fingerprint density at radius 3 is 2.05 bits per heavy atom. The van der Waals surface area contributed by atoms with Crippen LogP contribution in [-0.2, 0) is 11.2 Å². The Morgan fingerprint density at radius 2 is 1.39 bits per heavy atom. The summed E-state index contributed by atoms with van der Waals surface area (Å²) >= 11 is 0. The summed E-state index contributed by atoms with van der Waals surface area (Å²) in [4.78, 5) is 27.2. The highest BCUT2D eigenvalue weighted by Gasteiger charge is 2.20. The highest BCUT2D eigenvalue weighted by atomic mass is 16.5. The van der Waals surface area contributed by atoms with Crippen molar-refractivity contribution in [1.82, 2.24) is 4.90 Å². The van der Waals surface area contributed by atoms with Crippen molar-refractivity contribution in [2.75, 3.05) is 25.0 Å². The lowest BCUT2D eigenvalue weighted by atomic mass is 9.99. The van der Waals surface area contributed by atoms with Gasteiger partial charge in [0.05, 0.1) is 12.3 Å². The second-order valence-electron chi connectivity index (χ2n) is 8.83. The van der Waals surface area contributed by atoms with E-state index in [-0.39, 0.29) is 31.4 Å². The minimum Gasteiger partial charge on any atom is -0.424 e. The zero-order valence-electron chi connectivity index (χ0n) is 21.5. The van der Waals surface area contributed by atoms with E-state index in [1.54, 1.807) is 24.0 Å². The summed E-state index contributed by atoms with van der Waals surface area (Å²) in [7, 11) is 0. The minimum absolute atomic E-state index is 0.164. The van der Waals surface area contributed by atoms with Crippen LogP contribution >= 0.6 is 0 Å². The Bertz CT molecular complexity index is 1340. The fraction of sp³-hybridized carbons (Fsp3) is 0.188. The number of para-hydroxylation sites is 1. The molecule has 6 heteroatoms. The van der Waals surface area contributed by atoms with Crippen LogP contribution in [0.5, 0.6) is 5.75 Å². The van der Waals surface area contributed by atoms with E-state index >= 15 is 0 Å². The van der Waals surface area contributed by atoms with Gasteiger partial charge in [0.25, 0.3) is 0 Å². The first kappa shape index (κ1) is 26.6. The van der Waals surface area contributed by atoms with E-state index in [2.05, 4.69) is 17.4 Å². The normalized spacial score (nSPS) is 10.6. The largest absolute Gasteiger partial charge is 0.424 e. The van der Waals surface area contributed by atoms with Crippen LogP contribution in [0, 0.1) is 0 Å². The van der Waals surface area contributed by atoms with Gasteiger partial charge in [0.15, 0.2) is 5.75 Å². The lowest BCUT2D eigenvalue weighted by molar-refractivity contribution is -0.133. The average Bonchev–Trinajstić information content (AvgIpc) is 2.97. The maximum atomic E-state index is 13.4. The number of benzene rings is 4. The first-order chi connectivity index (χ1) is 18.6. The third-order valence-corrected chi connectivity index (χ3v) is 6.24. The Hall–Kier alpha value is -4.42. The van der Waals surface area contributed by atoms with Crippen LogP contribution < -0.4 is 10.1 Å². The number of nitrogens with one attached hydrogen (secondary N) is 1. The van der Waals surface area contributed by atoms with Crippen LogP contribution in [0.4, 0.5) is 10.5 Å². The number of carbonyl (C=O) groups is 2. The molecule has 0 saturated carbocycles. The quantitative estimate of drug-likeness (QED) is 0.192. The Kier molecular flexibility index (Phi) is 9.27. The lowest BCUT2D eigenvalue weighted by Crippen LogP contribution is -2.38. The summed E-state index contributed by atoms with van der Waals surface area (Å²) < 4.78 is 5.60. The van der Waals surface area contributed by atoms with Crippen LogP contribution in [0.3, 0.4) is 0 Å². The van der Waals surface area contributed by atoms with Crippen molar-refractivity contribution in [1.29, 1.82) is 0 Å². The van der Waals surface area contributed by atoms with Crippen LogP contribution in [0.2, 0.25) is 0 Å². The molecule has 0 fully saturated rings. The third kappa shape index (κ3) is 6.87. The van der Waals surface area contributed by atoms with Crippen LogP contribution in [-0.4, -0.2) is 41.7 Å². The molecule has 0 radical (unpaired) electrons. The van der Waals surface area contributed by atoms with Crippen molar-refractivity contribution in [3.63, 3.8) is 0 Å². The van der Waals surface area contributed by atoms with Crippen molar-refractivity contribution in [2.24, 2.45) is 0 Å². The summed E-state index contributed by atoms with van der Waals surface area (Å²) in [5.41, 5.74) is 5.28. The predicted octanol–water partition coefficient (Wildman–Crippen LogP) is 6.40. The zero-order valence-corrected chi connectivity index (χ0v) is 21.5. The molecule has 2 amide bonds. The summed E-state index contributed by atoms with van der Waals surface area (Å²) in [5.74, 6) is -0.116. The van der Waals surface area contributed by atoms with Crippen molar-refractivity contribution in [2.45, 2.75) is 19.8 Å². The Balaban J connectivity index is 1.63. The predicted molar refractivity (Wildman–Crippen MR) is 151 cm³/mol. The Labute approximate surface area is 223 Å².